The molecule has 0 saturated carbocycles. The predicted octanol–water partition coefficient (Wildman–Crippen LogP) is 6.08. The van der Waals surface area contributed by atoms with Gasteiger partial charge in [-0.25, -0.2) is 0 Å². The van der Waals surface area contributed by atoms with E-state index < -0.39 is 0 Å². The van der Waals surface area contributed by atoms with Crippen molar-refractivity contribution in [1.29, 1.82) is 0 Å². The van der Waals surface area contributed by atoms with Gasteiger partial charge in [-0.15, -0.1) is 11.3 Å². The maximum atomic E-state index is 13.3. The number of rotatable bonds is 9. The highest BCUT2D eigenvalue weighted by atomic mass is 32.1. The molecule has 0 bridgehead atoms. The van der Waals surface area contributed by atoms with Crippen LogP contribution in [0.1, 0.15) is 15.2 Å². The van der Waals surface area contributed by atoms with Crippen LogP contribution in [0.3, 0.4) is 0 Å². The standard InChI is InChI=1S/C29H27NO6S/c1-33-20-15-24(34-2)28(25(16-20)35-3)18-8-7-9-19(14-18)29(32)30-23-11-6-5-10-22(23)26-13-12-21(37-26)17-27(31)36-4/h5-16H,17H2,1-4H3,(H,30,32). The van der Waals surface area contributed by atoms with E-state index in [2.05, 4.69) is 5.32 Å². The normalized spacial score (nSPS) is 10.5. The number of carbonyl (C=O) groups excluding carboxylic acids is 2. The second-order valence-electron chi connectivity index (χ2n) is 8.01. The van der Waals surface area contributed by atoms with Crippen LogP contribution in [-0.4, -0.2) is 40.3 Å². The van der Waals surface area contributed by atoms with Gasteiger partial charge in [0.05, 0.1) is 40.4 Å². The Kier molecular flexibility index (Phi) is 8.10. The zero-order valence-corrected chi connectivity index (χ0v) is 21.8. The topological polar surface area (TPSA) is 83.1 Å². The summed E-state index contributed by atoms with van der Waals surface area (Å²) >= 11 is 1.49. The van der Waals surface area contributed by atoms with Crippen LogP contribution in [0.4, 0.5) is 5.69 Å². The molecule has 0 aliphatic carbocycles. The molecule has 0 atom stereocenters. The summed E-state index contributed by atoms with van der Waals surface area (Å²) in [5.74, 6) is 1.19. The lowest BCUT2D eigenvalue weighted by Crippen LogP contribution is -2.12. The van der Waals surface area contributed by atoms with E-state index in [0.717, 1.165) is 26.4 Å². The number of anilines is 1. The number of esters is 1. The number of carbonyl (C=O) groups is 2. The lowest BCUT2D eigenvalue weighted by atomic mass is 10.00. The number of para-hydroxylation sites is 1. The third-order valence-electron chi connectivity index (χ3n) is 5.78. The fourth-order valence-corrected chi connectivity index (χ4v) is 4.97. The highest BCUT2D eigenvalue weighted by Gasteiger charge is 2.18. The number of thiophene rings is 1. The maximum Gasteiger partial charge on any atom is 0.310 e. The summed E-state index contributed by atoms with van der Waals surface area (Å²) in [6.45, 7) is 0. The van der Waals surface area contributed by atoms with Gasteiger partial charge < -0.3 is 24.3 Å². The molecule has 1 amide bonds. The second kappa shape index (κ2) is 11.6. The van der Waals surface area contributed by atoms with Gasteiger partial charge in [0.25, 0.3) is 5.91 Å². The maximum absolute atomic E-state index is 13.3. The SMILES string of the molecule is COC(=O)Cc1ccc(-c2ccccc2NC(=O)c2cccc(-c3c(OC)cc(OC)cc3OC)c2)s1. The first kappa shape index (κ1) is 25.8. The van der Waals surface area contributed by atoms with E-state index in [4.69, 9.17) is 18.9 Å². The van der Waals surface area contributed by atoms with E-state index in [1.807, 2.05) is 48.5 Å². The van der Waals surface area contributed by atoms with Gasteiger partial charge in [-0.2, -0.15) is 0 Å². The van der Waals surface area contributed by atoms with Gasteiger partial charge >= 0.3 is 5.97 Å². The Morgan fingerprint density at radius 2 is 1.54 bits per heavy atom. The summed E-state index contributed by atoms with van der Waals surface area (Å²) in [5, 5.41) is 3.03. The van der Waals surface area contributed by atoms with Gasteiger partial charge in [0.2, 0.25) is 0 Å². The number of benzene rings is 3. The van der Waals surface area contributed by atoms with Gasteiger partial charge in [-0.1, -0.05) is 30.3 Å². The molecule has 4 rings (SSSR count). The van der Waals surface area contributed by atoms with E-state index >= 15 is 0 Å². The van der Waals surface area contributed by atoms with Crippen molar-refractivity contribution < 1.29 is 28.5 Å². The van der Waals surface area contributed by atoms with Crippen LogP contribution in [-0.2, 0) is 16.0 Å². The summed E-state index contributed by atoms with van der Waals surface area (Å²) in [7, 11) is 6.10. The number of hydrogen-bond donors (Lipinski definition) is 1. The lowest BCUT2D eigenvalue weighted by Gasteiger charge is -2.16. The molecule has 3 aromatic carbocycles. The molecule has 4 aromatic rings. The van der Waals surface area contributed by atoms with Crippen molar-refractivity contribution in [2.24, 2.45) is 0 Å². The van der Waals surface area contributed by atoms with Crippen molar-refractivity contribution in [2.75, 3.05) is 33.8 Å². The molecule has 8 heteroatoms. The Morgan fingerprint density at radius 3 is 2.22 bits per heavy atom. The van der Waals surface area contributed by atoms with Crippen molar-refractivity contribution in [3.8, 4) is 38.8 Å². The average molecular weight is 518 g/mol. The van der Waals surface area contributed by atoms with E-state index in [-0.39, 0.29) is 18.3 Å². The summed E-state index contributed by atoms with van der Waals surface area (Å²) in [5.41, 5.74) is 3.50. The molecule has 0 saturated heterocycles. The van der Waals surface area contributed by atoms with Crippen LogP contribution < -0.4 is 19.5 Å². The van der Waals surface area contributed by atoms with Crippen LogP contribution in [0.15, 0.2) is 72.8 Å². The van der Waals surface area contributed by atoms with Crippen molar-refractivity contribution in [3.05, 3.63) is 83.2 Å². The van der Waals surface area contributed by atoms with Crippen LogP contribution in [0.5, 0.6) is 17.2 Å². The summed E-state index contributed by atoms with van der Waals surface area (Å²) in [6, 6.07) is 22.2. The van der Waals surface area contributed by atoms with Crippen molar-refractivity contribution in [2.45, 2.75) is 6.42 Å². The molecular weight excluding hydrogens is 490 g/mol. The van der Waals surface area contributed by atoms with E-state index in [0.29, 0.717) is 28.5 Å². The quantitative estimate of drug-likeness (QED) is 0.271. The monoisotopic (exact) mass is 517 g/mol. The summed E-state index contributed by atoms with van der Waals surface area (Å²) in [6.07, 6.45) is 0.209. The Labute approximate surface area is 219 Å². The minimum Gasteiger partial charge on any atom is -0.496 e. The Hall–Kier alpha value is -4.30. The molecule has 1 N–H and O–H groups in total. The third-order valence-corrected chi connectivity index (χ3v) is 6.90. The van der Waals surface area contributed by atoms with Crippen LogP contribution in [0.25, 0.3) is 21.6 Å². The molecule has 0 fully saturated rings. The van der Waals surface area contributed by atoms with Crippen LogP contribution >= 0.6 is 11.3 Å². The van der Waals surface area contributed by atoms with Gasteiger partial charge in [-0.3, -0.25) is 9.59 Å². The highest BCUT2D eigenvalue weighted by Crippen LogP contribution is 2.42. The minimum atomic E-state index is -0.292. The number of ether oxygens (including phenoxy) is 4. The largest absolute Gasteiger partial charge is 0.496 e. The molecule has 0 aliphatic heterocycles. The smallest absolute Gasteiger partial charge is 0.310 e. The molecule has 190 valence electrons. The number of hydrogen-bond acceptors (Lipinski definition) is 7. The molecule has 1 heterocycles. The zero-order valence-electron chi connectivity index (χ0n) is 21.0. The zero-order chi connectivity index (χ0) is 26.4. The molecule has 1 aromatic heterocycles. The van der Waals surface area contributed by atoms with Gasteiger partial charge in [0.15, 0.2) is 0 Å². The van der Waals surface area contributed by atoms with Gasteiger partial charge in [0, 0.05) is 38.7 Å². The predicted molar refractivity (Wildman–Crippen MR) is 145 cm³/mol. The van der Waals surface area contributed by atoms with Crippen LogP contribution in [0, 0.1) is 0 Å². The summed E-state index contributed by atoms with van der Waals surface area (Å²) in [4.78, 5) is 26.8. The molecule has 0 radical (unpaired) electrons. The molecule has 37 heavy (non-hydrogen) atoms. The molecule has 0 unspecified atom stereocenters. The third kappa shape index (κ3) is 5.76. The number of nitrogens with one attached hydrogen (secondary N) is 1. The van der Waals surface area contributed by atoms with E-state index in [1.165, 1.54) is 18.4 Å². The highest BCUT2D eigenvalue weighted by molar-refractivity contribution is 7.15. The Bertz CT molecular complexity index is 1400. The van der Waals surface area contributed by atoms with E-state index in [1.54, 1.807) is 45.6 Å². The fraction of sp³-hybridized carbons (Fsp3) is 0.172. The first-order valence-electron chi connectivity index (χ1n) is 11.4. The lowest BCUT2D eigenvalue weighted by molar-refractivity contribution is -0.139. The van der Waals surface area contributed by atoms with Crippen molar-refractivity contribution in [3.63, 3.8) is 0 Å². The first-order chi connectivity index (χ1) is 18.0. The Morgan fingerprint density at radius 1 is 0.811 bits per heavy atom. The molecule has 0 aliphatic rings. The summed E-state index contributed by atoms with van der Waals surface area (Å²) < 4.78 is 21.3. The number of amides is 1. The Balaban J connectivity index is 1.63. The van der Waals surface area contributed by atoms with Gasteiger partial charge in [-0.05, 0) is 35.9 Å². The minimum absolute atomic E-state index is 0.209. The molecule has 0 spiro atoms. The second-order valence-corrected chi connectivity index (χ2v) is 9.17. The van der Waals surface area contributed by atoms with Crippen molar-refractivity contribution >= 4 is 28.9 Å². The van der Waals surface area contributed by atoms with Crippen LogP contribution in [0.2, 0.25) is 0 Å². The molecular formula is C29H27NO6S. The first-order valence-corrected chi connectivity index (χ1v) is 12.3. The van der Waals surface area contributed by atoms with Crippen molar-refractivity contribution in [1.82, 2.24) is 0 Å². The average Bonchev–Trinajstić information content (AvgIpc) is 3.40. The number of methoxy groups -OCH3 is 4. The van der Waals surface area contributed by atoms with Gasteiger partial charge in [0.1, 0.15) is 17.2 Å². The fourth-order valence-electron chi connectivity index (χ4n) is 3.94. The molecule has 7 nitrogen and oxygen atoms in total. The van der Waals surface area contributed by atoms with E-state index in [9.17, 15) is 9.59 Å².